The van der Waals surface area contributed by atoms with Gasteiger partial charge in [0.05, 0.1) is 0 Å². The molecule has 0 fully saturated rings. The number of ether oxygens (including phenoxy) is 1. The van der Waals surface area contributed by atoms with E-state index in [-0.39, 0.29) is 24.0 Å². The monoisotopic (exact) mass is 498 g/mol. The van der Waals surface area contributed by atoms with Gasteiger partial charge >= 0.3 is 6.09 Å². The predicted octanol–water partition coefficient (Wildman–Crippen LogP) is 3.21. The van der Waals surface area contributed by atoms with Crippen LogP contribution < -0.4 is 16.0 Å². The number of alkyl carbamates (subject to hydrolysis) is 1. The molecule has 0 heterocycles. The van der Waals surface area contributed by atoms with Crippen molar-refractivity contribution in [3.63, 3.8) is 0 Å². The van der Waals surface area contributed by atoms with Crippen LogP contribution in [0.5, 0.6) is 0 Å². The fraction of sp³-hybridized carbons (Fsp3) is 0.556. The second kappa shape index (κ2) is 12.7. The number of benzene rings is 1. The number of carbonyl (C=O) groups excluding carboxylic acids is 1. The Labute approximate surface area is 176 Å². The molecule has 154 valence electrons. The summed E-state index contributed by atoms with van der Waals surface area (Å²) < 4.78 is 31.4. The Morgan fingerprint density at radius 2 is 1.59 bits per heavy atom. The van der Waals surface area contributed by atoms with Crippen LogP contribution in [0.25, 0.3) is 0 Å². The first-order valence-corrected chi connectivity index (χ1v) is 8.56. The third kappa shape index (κ3) is 12.4. The highest BCUT2D eigenvalue weighted by atomic mass is 127. The first kappa shape index (κ1) is 25.4. The maximum Gasteiger partial charge on any atom is 0.407 e. The zero-order valence-electron chi connectivity index (χ0n) is 16.2. The van der Waals surface area contributed by atoms with Crippen LogP contribution in [0, 0.1) is 11.6 Å². The van der Waals surface area contributed by atoms with E-state index in [0.29, 0.717) is 44.0 Å². The van der Waals surface area contributed by atoms with Gasteiger partial charge in [-0.05, 0) is 51.3 Å². The fourth-order valence-electron chi connectivity index (χ4n) is 2.10. The van der Waals surface area contributed by atoms with Crippen molar-refractivity contribution < 1.29 is 18.3 Å². The van der Waals surface area contributed by atoms with E-state index in [1.54, 1.807) is 7.05 Å². The summed E-state index contributed by atoms with van der Waals surface area (Å²) in [6, 6.07) is 3.47. The van der Waals surface area contributed by atoms with Gasteiger partial charge in [-0.2, -0.15) is 0 Å². The molecule has 0 radical (unpaired) electrons. The highest BCUT2D eigenvalue weighted by Crippen LogP contribution is 2.08. The molecule has 0 aliphatic heterocycles. The van der Waals surface area contributed by atoms with Crippen molar-refractivity contribution in [2.45, 2.75) is 39.2 Å². The number of nitrogens with zero attached hydrogens (tertiary/aromatic N) is 1. The molecule has 1 amide bonds. The molecule has 0 saturated heterocycles. The van der Waals surface area contributed by atoms with Gasteiger partial charge in [-0.15, -0.1) is 24.0 Å². The first-order chi connectivity index (χ1) is 12.2. The molecule has 3 N–H and O–H groups in total. The van der Waals surface area contributed by atoms with Gasteiger partial charge < -0.3 is 20.7 Å². The highest BCUT2D eigenvalue weighted by molar-refractivity contribution is 14.0. The van der Waals surface area contributed by atoms with Crippen molar-refractivity contribution >= 4 is 36.0 Å². The molecule has 0 aliphatic rings. The molecule has 0 aliphatic carbocycles. The summed E-state index contributed by atoms with van der Waals surface area (Å²) in [6.45, 7) is 6.98. The normalized spacial score (nSPS) is 11.4. The summed E-state index contributed by atoms with van der Waals surface area (Å²) >= 11 is 0. The Hall–Kier alpha value is -1.65. The Kier molecular flexibility index (Phi) is 11.9. The standard InChI is InChI=1S/C18H28F2N4O2.HI/c1-18(2,3)26-17(25)24-8-5-7-22-16(21-4)23-9-6-13-10-14(19)12-15(20)11-13;/h10-12H,5-9H2,1-4H3,(H,24,25)(H2,21,22,23);1H. The zero-order valence-corrected chi connectivity index (χ0v) is 18.5. The molecule has 1 aromatic carbocycles. The number of halogens is 3. The van der Waals surface area contributed by atoms with Crippen LogP contribution in [0.2, 0.25) is 0 Å². The zero-order chi connectivity index (χ0) is 19.6. The highest BCUT2D eigenvalue weighted by Gasteiger charge is 2.15. The van der Waals surface area contributed by atoms with Crippen LogP contribution >= 0.6 is 24.0 Å². The Morgan fingerprint density at radius 3 is 2.15 bits per heavy atom. The summed E-state index contributed by atoms with van der Waals surface area (Å²) in [5, 5.41) is 8.84. The van der Waals surface area contributed by atoms with Crippen molar-refractivity contribution in [2.24, 2.45) is 4.99 Å². The van der Waals surface area contributed by atoms with E-state index in [2.05, 4.69) is 20.9 Å². The largest absolute Gasteiger partial charge is 0.444 e. The Balaban J connectivity index is 0.00000676. The molecule has 1 rings (SSSR count). The van der Waals surface area contributed by atoms with Crippen LogP contribution in [0.4, 0.5) is 13.6 Å². The second-order valence-electron chi connectivity index (χ2n) is 6.74. The first-order valence-electron chi connectivity index (χ1n) is 8.56. The molecular weight excluding hydrogens is 469 g/mol. The van der Waals surface area contributed by atoms with Gasteiger partial charge in [-0.25, -0.2) is 13.6 Å². The molecular formula is C18H29F2IN4O2. The van der Waals surface area contributed by atoms with Gasteiger partial charge in [0.2, 0.25) is 0 Å². The SMILES string of the molecule is CN=C(NCCCNC(=O)OC(C)(C)C)NCCc1cc(F)cc(F)c1.I. The van der Waals surface area contributed by atoms with Crippen LogP contribution in [0.3, 0.4) is 0 Å². The van der Waals surface area contributed by atoms with Gasteiger partial charge in [0.25, 0.3) is 0 Å². The van der Waals surface area contributed by atoms with Gasteiger partial charge in [0, 0.05) is 32.7 Å². The van der Waals surface area contributed by atoms with E-state index < -0.39 is 23.3 Å². The summed E-state index contributed by atoms with van der Waals surface area (Å²) in [5.41, 5.74) is 0.0609. The molecule has 0 unspecified atom stereocenters. The lowest BCUT2D eigenvalue weighted by Crippen LogP contribution is -2.40. The van der Waals surface area contributed by atoms with E-state index >= 15 is 0 Å². The predicted molar refractivity (Wildman–Crippen MR) is 114 cm³/mol. The number of hydrogen-bond acceptors (Lipinski definition) is 3. The quantitative estimate of drug-likeness (QED) is 0.234. The van der Waals surface area contributed by atoms with Crippen molar-refractivity contribution in [2.75, 3.05) is 26.7 Å². The number of hydrogen-bond donors (Lipinski definition) is 3. The van der Waals surface area contributed by atoms with E-state index in [9.17, 15) is 13.6 Å². The third-order valence-electron chi connectivity index (χ3n) is 3.17. The molecule has 27 heavy (non-hydrogen) atoms. The smallest absolute Gasteiger partial charge is 0.407 e. The van der Waals surface area contributed by atoms with Crippen LogP contribution in [0.1, 0.15) is 32.8 Å². The molecule has 0 bridgehead atoms. The minimum Gasteiger partial charge on any atom is -0.444 e. The van der Waals surface area contributed by atoms with Crippen LogP contribution in [-0.4, -0.2) is 44.3 Å². The molecule has 0 atom stereocenters. The summed E-state index contributed by atoms with van der Waals surface area (Å²) in [5.74, 6) is -0.584. The lowest BCUT2D eigenvalue weighted by atomic mass is 10.1. The van der Waals surface area contributed by atoms with Crippen molar-refractivity contribution in [3.05, 3.63) is 35.4 Å². The third-order valence-corrected chi connectivity index (χ3v) is 3.17. The van der Waals surface area contributed by atoms with Crippen LogP contribution in [-0.2, 0) is 11.2 Å². The number of rotatable bonds is 7. The van der Waals surface area contributed by atoms with Crippen molar-refractivity contribution in [1.82, 2.24) is 16.0 Å². The van der Waals surface area contributed by atoms with Gasteiger partial charge in [-0.3, -0.25) is 4.99 Å². The molecule has 6 nitrogen and oxygen atoms in total. The molecule has 0 aromatic heterocycles. The number of aliphatic imine (C=N–C) groups is 1. The van der Waals surface area contributed by atoms with Gasteiger partial charge in [0.15, 0.2) is 5.96 Å². The number of carbonyl (C=O) groups is 1. The van der Waals surface area contributed by atoms with Gasteiger partial charge in [0.1, 0.15) is 17.2 Å². The summed E-state index contributed by atoms with van der Waals surface area (Å²) in [6.07, 6.45) is 0.715. The number of amides is 1. The molecule has 0 saturated carbocycles. The lowest BCUT2D eigenvalue weighted by Gasteiger charge is -2.19. The van der Waals surface area contributed by atoms with E-state index in [1.807, 2.05) is 20.8 Å². The average Bonchev–Trinajstić information content (AvgIpc) is 2.50. The fourth-order valence-corrected chi connectivity index (χ4v) is 2.10. The van der Waals surface area contributed by atoms with Crippen LogP contribution in [0.15, 0.2) is 23.2 Å². The second-order valence-corrected chi connectivity index (χ2v) is 6.74. The minimum absolute atomic E-state index is 0. The number of nitrogens with one attached hydrogen (secondary N) is 3. The molecule has 1 aromatic rings. The van der Waals surface area contributed by atoms with Crippen molar-refractivity contribution in [1.29, 1.82) is 0 Å². The van der Waals surface area contributed by atoms with Gasteiger partial charge in [-0.1, -0.05) is 0 Å². The lowest BCUT2D eigenvalue weighted by molar-refractivity contribution is 0.0527. The summed E-state index contributed by atoms with van der Waals surface area (Å²) in [4.78, 5) is 15.6. The average molecular weight is 498 g/mol. The minimum atomic E-state index is -0.583. The van der Waals surface area contributed by atoms with Crippen molar-refractivity contribution in [3.8, 4) is 0 Å². The maximum atomic E-state index is 13.1. The summed E-state index contributed by atoms with van der Waals surface area (Å²) in [7, 11) is 1.64. The van der Waals surface area contributed by atoms with E-state index in [0.717, 1.165) is 6.07 Å². The number of guanidine groups is 1. The Bertz CT molecular complexity index is 602. The molecule has 9 heteroatoms. The molecule has 0 spiro atoms. The Morgan fingerprint density at radius 1 is 1.04 bits per heavy atom. The topological polar surface area (TPSA) is 74.8 Å². The van der Waals surface area contributed by atoms with E-state index in [1.165, 1.54) is 12.1 Å². The maximum absolute atomic E-state index is 13.1. The van der Waals surface area contributed by atoms with E-state index in [4.69, 9.17) is 4.74 Å².